The number of aliphatic hydroxyl groups is 1. The van der Waals surface area contributed by atoms with E-state index in [1.54, 1.807) is 13.2 Å². The lowest BCUT2D eigenvalue weighted by atomic mass is 9.74. The maximum atomic E-state index is 14.1. The number of likely N-dealkylation sites (tertiary alicyclic amines) is 1. The number of unbranched alkanes of at least 4 members (excludes halogenated alkanes) is 1. The molecule has 1 unspecified atom stereocenters. The number of carbonyl (C=O) groups is 1. The molecule has 35 heavy (non-hydrogen) atoms. The van der Waals surface area contributed by atoms with Gasteiger partial charge in [0.05, 0.1) is 5.60 Å². The molecule has 1 saturated heterocycles. The van der Waals surface area contributed by atoms with Crippen LogP contribution in [0.4, 0.5) is 9.18 Å². The summed E-state index contributed by atoms with van der Waals surface area (Å²) in [5.41, 5.74) is -0.575. The molecular formula is C28H46FN3O3. The van der Waals surface area contributed by atoms with Crippen LogP contribution in [0.1, 0.15) is 76.2 Å². The summed E-state index contributed by atoms with van der Waals surface area (Å²) in [6.45, 7) is 2.54. The fourth-order valence-electron chi connectivity index (χ4n) is 6.07. The van der Waals surface area contributed by atoms with Crippen molar-refractivity contribution in [1.82, 2.24) is 15.5 Å². The molecule has 0 spiro atoms. The van der Waals surface area contributed by atoms with Crippen LogP contribution in [-0.2, 0) is 10.3 Å². The van der Waals surface area contributed by atoms with Crippen LogP contribution < -0.4 is 10.6 Å². The van der Waals surface area contributed by atoms with Gasteiger partial charge in [-0.1, -0.05) is 44.2 Å². The lowest BCUT2D eigenvalue weighted by Crippen LogP contribution is -2.54. The van der Waals surface area contributed by atoms with Gasteiger partial charge in [0.25, 0.3) is 0 Å². The SMILES string of the molecule is CNCC(CC1CCCCC1)NC(=O)N1CCC[C@@H]([C@](O)(CCCCOC)c2cccc(F)c2)C1. The smallest absolute Gasteiger partial charge is 0.317 e. The molecule has 2 amide bonds. The van der Waals surface area contributed by atoms with E-state index >= 15 is 0 Å². The van der Waals surface area contributed by atoms with Gasteiger partial charge in [0.1, 0.15) is 5.82 Å². The summed E-state index contributed by atoms with van der Waals surface area (Å²) >= 11 is 0. The number of rotatable bonds is 12. The van der Waals surface area contributed by atoms with Crippen molar-refractivity contribution in [2.24, 2.45) is 11.8 Å². The number of hydrogen-bond acceptors (Lipinski definition) is 4. The molecule has 0 bridgehead atoms. The number of hydrogen-bond donors (Lipinski definition) is 3. The number of halogens is 1. The van der Waals surface area contributed by atoms with Crippen molar-refractivity contribution in [3.63, 3.8) is 0 Å². The van der Waals surface area contributed by atoms with Crippen LogP contribution in [0.5, 0.6) is 0 Å². The van der Waals surface area contributed by atoms with Crippen molar-refractivity contribution in [2.75, 3.05) is 40.4 Å². The number of carbonyl (C=O) groups excluding carboxylic acids is 1. The Bertz CT molecular complexity index is 774. The van der Waals surface area contributed by atoms with E-state index in [1.165, 1.54) is 44.2 Å². The number of urea groups is 1. The summed E-state index contributed by atoms with van der Waals surface area (Å²) in [7, 11) is 3.60. The van der Waals surface area contributed by atoms with Gasteiger partial charge in [-0.25, -0.2) is 9.18 Å². The third-order valence-corrected chi connectivity index (χ3v) is 7.99. The van der Waals surface area contributed by atoms with Crippen molar-refractivity contribution in [3.8, 4) is 0 Å². The number of nitrogens with one attached hydrogen (secondary N) is 2. The Balaban J connectivity index is 1.67. The highest BCUT2D eigenvalue weighted by Gasteiger charge is 2.41. The molecule has 1 aliphatic heterocycles. The van der Waals surface area contributed by atoms with Gasteiger partial charge in [0.2, 0.25) is 0 Å². The lowest BCUT2D eigenvalue weighted by Gasteiger charge is -2.43. The first-order chi connectivity index (χ1) is 17.0. The quantitative estimate of drug-likeness (QED) is 0.367. The van der Waals surface area contributed by atoms with Crippen LogP contribution >= 0.6 is 0 Å². The molecule has 1 aliphatic carbocycles. The van der Waals surface area contributed by atoms with E-state index in [9.17, 15) is 14.3 Å². The number of nitrogens with zero attached hydrogens (tertiary/aromatic N) is 1. The normalized spacial score (nSPS) is 21.9. The van der Waals surface area contributed by atoms with Crippen LogP contribution in [0.15, 0.2) is 24.3 Å². The number of benzene rings is 1. The Morgan fingerprint density at radius 3 is 2.74 bits per heavy atom. The van der Waals surface area contributed by atoms with E-state index in [0.717, 1.165) is 38.6 Å². The van der Waals surface area contributed by atoms with Gasteiger partial charge >= 0.3 is 6.03 Å². The maximum Gasteiger partial charge on any atom is 0.317 e. The van der Waals surface area contributed by atoms with E-state index in [1.807, 2.05) is 18.0 Å². The minimum atomic E-state index is -1.18. The first-order valence-electron chi connectivity index (χ1n) is 13.6. The first kappa shape index (κ1) is 27.9. The van der Waals surface area contributed by atoms with Gasteiger partial charge < -0.3 is 25.4 Å². The lowest BCUT2D eigenvalue weighted by molar-refractivity contribution is -0.0565. The topological polar surface area (TPSA) is 73.8 Å². The van der Waals surface area contributed by atoms with Gasteiger partial charge in [-0.3, -0.25) is 0 Å². The molecule has 3 rings (SSSR count). The molecule has 0 radical (unpaired) electrons. The molecule has 0 aromatic heterocycles. The predicted molar refractivity (Wildman–Crippen MR) is 138 cm³/mol. The van der Waals surface area contributed by atoms with Gasteiger partial charge in [0.15, 0.2) is 0 Å². The second-order valence-corrected chi connectivity index (χ2v) is 10.6. The second kappa shape index (κ2) is 14.1. The highest BCUT2D eigenvalue weighted by molar-refractivity contribution is 5.74. The molecule has 2 fully saturated rings. The average Bonchev–Trinajstić information content (AvgIpc) is 2.87. The van der Waals surface area contributed by atoms with Crippen molar-refractivity contribution in [1.29, 1.82) is 0 Å². The second-order valence-electron chi connectivity index (χ2n) is 10.6. The largest absolute Gasteiger partial charge is 0.385 e. The first-order valence-corrected chi connectivity index (χ1v) is 13.6. The number of likely N-dealkylation sites (N-methyl/N-ethyl adjacent to an activating group) is 1. The highest BCUT2D eigenvalue weighted by atomic mass is 19.1. The van der Waals surface area contributed by atoms with E-state index in [2.05, 4.69) is 10.6 Å². The maximum absolute atomic E-state index is 14.1. The van der Waals surface area contributed by atoms with Gasteiger partial charge in [0, 0.05) is 45.3 Å². The van der Waals surface area contributed by atoms with Crippen molar-refractivity contribution in [3.05, 3.63) is 35.6 Å². The Kier molecular flexibility index (Phi) is 11.3. The number of amides is 2. The van der Waals surface area contributed by atoms with Crippen LogP contribution in [0.3, 0.4) is 0 Å². The zero-order valence-electron chi connectivity index (χ0n) is 21.7. The molecule has 198 valence electrons. The fraction of sp³-hybridized carbons (Fsp3) is 0.750. The van der Waals surface area contributed by atoms with Crippen LogP contribution in [0, 0.1) is 17.7 Å². The third-order valence-electron chi connectivity index (χ3n) is 7.99. The van der Waals surface area contributed by atoms with Crippen LogP contribution in [0.25, 0.3) is 0 Å². The Labute approximate surface area is 211 Å². The molecule has 1 aromatic carbocycles. The fourth-order valence-corrected chi connectivity index (χ4v) is 6.07. The summed E-state index contributed by atoms with van der Waals surface area (Å²) in [6, 6.07) is 6.38. The molecule has 6 nitrogen and oxygen atoms in total. The third kappa shape index (κ3) is 8.16. The predicted octanol–water partition coefficient (Wildman–Crippen LogP) is 4.81. The van der Waals surface area contributed by atoms with E-state index < -0.39 is 5.60 Å². The van der Waals surface area contributed by atoms with E-state index in [-0.39, 0.29) is 23.8 Å². The molecule has 1 saturated carbocycles. The highest BCUT2D eigenvalue weighted by Crippen LogP contribution is 2.40. The summed E-state index contributed by atoms with van der Waals surface area (Å²) in [6.07, 6.45) is 11.2. The van der Waals surface area contributed by atoms with Crippen LogP contribution in [-0.4, -0.2) is 62.5 Å². The Morgan fingerprint density at radius 1 is 1.23 bits per heavy atom. The monoisotopic (exact) mass is 491 g/mol. The molecule has 3 N–H and O–H groups in total. The van der Waals surface area contributed by atoms with Crippen molar-refractivity contribution < 1.29 is 19.0 Å². The van der Waals surface area contributed by atoms with Gasteiger partial charge in [-0.15, -0.1) is 0 Å². The zero-order valence-corrected chi connectivity index (χ0v) is 21.7. The molecule has 2 aliphatic rings. The van der Waals surface area contributed by atoms with Crippen LogP contribution in [0.2, 0.25) is 0 Å². The number of ether oxygens (including phenoxy) is 1. The zero-order chi connectivity index (χ0) is 25.1. The van der Waals surface area contributed by atoms with Gasteiger partial charge in [-0.05, 0) is 69.2 Å². The summed E-state index contributed by atoms with van der Waals surface area (Å²) < 4.78 is 19.3. The Hall–Kier alpha value is -1.70. The van der Waals surface area contributed by atoms with E-state index in [4.69, 9.17) is 4.74 Å². The minimum Gasteiger partial charge on any atom is -0.385 e. The summed E-state index contributed by atoms with van der Waals surface area (Å²) in [4.78, 5) is 15.2. The Morgan fingerprint density at radius 2 is 2.03 bits per heavy atom. The standard InChI is InChI=1S/C28H46FN3O3/c1-30-20-26(18-22-10-4-3-5-11-22)31-27(33)32-16-9-13-24(21-32)28(34,15-6-7-17-35-2)23-12-8-14-25(29)19-23/h8,12,14,19,22,24,26,30,34H,3-7,9-11,13,15-18,20-21H2,1-2H3,(H,31,33)/t24-,26?,28+/m1/s1. The molecular weight excluding hydrogens is 445 g/mol. The van der Waals surface area contributed by atoms with Gasteiger partial charge in [-0.2, -0.15) is 0 Å². The average molecular weight is 492 g/mol. The molecule has 3 atom stereocenters. The number of methoxy groups -OCH3 is 1. The minimum absolute atomic E-state index is 0.0493. The van der Waals surface area contributed by atoms with E-state index in [0.29, 0.717) is 37.6 Å². The van der Waals surface area contributed by atoms with Crippen molar-refractivity contribution >= 4 is 6.03 Å². The van der Waals surface area contributed by atoms with Crippen molar-refractivity contribution in [2.45, 2.75) is 82.3 Å². The molecule has 7 heteroatoms. The molecule has 1 aromatic rings. The summed E-state index contributed by atoms with van der Waals surface area (Å²) in [5.74, 6) is 0.190. The summed E-state index contributed by atoms with van der Waals surface area (Å²) in [5, 5.41) is 18.5. The number of piperidine rings is 1. The molecule has 1 heterocycles.